The fourth-order valence-corrected chi connectivity index (χ4v) is 3.29. The molecule has 1 amide bonds. The van der Waals surface area contributed by atoms with Crippen LogP contribution in [0, 0.1) is 5.95 Å². The predicted octanol–water partition coefficient (Wildman–Crippen LogP) is 5.67. The Bertz CT molecular complexity index is 1470. The lowest BCUT2D eigenvalue weighted by Crippen LogP contribution is -2.15. The first-order valence-electron chi connectivity index (χ1n) is 10.3. The van der Waals surface area contributed by atoms with E-state index in [0.717, 1.165) is 65.5 Å². The van der Waals surface area contributed by atoms with E-state index in [-0.39, 0.29) is 34.0 Å². The molecule has 0 saturated carbocycles. The van der Waals surface area contributed by atoms with Crippen LogP contribution in [-0.2, 0) is 17.1 Å². The number of nitrogens with zero attached hydrogens (tertiary/aromatic N) is 4. The van der Waals surface area contributed by atoms with Crippen molar-refractivity contribution in [2.45, 2.75) is 12.4 Å². The van der Waals surface area contributed by atoms with Gasteiger partial charge in [0.25, 0.3) is 5.91 Å². The number of nitrogens with two attached hydrogens (primary N) is 1. The van der Waals surface area contributed by atoms with Crippen molar-refractivity contribution in [3.63, 3.8) is 0 Å². The number of pyridine rings is 1. The molecule has 0 bridgehead atoms. The molecule has 2 aromatic carbocycles. The standard InChI is InChI=1S/C24H14F7N5O/c25-19-3-1-2-18(33-19)17(20(32)37)12-36-22(14-6-10-16(11-7-14)24(29,30)31)34-21(35-36)13-4-8-15(9-5-13)23(26,27)28/h1-12H,(H2,32,37). The van der Waals surface area contributed by atoms with E-state index in [9.17, 15) is 35.5 Å². The van der Waals surface area contributed by atoms with Gasteiger partial charge in [-0.1, -0.05) is 30.3 Å². The Kier molecular flexibility index (Phi) is 6.55. The van der Waals surface area contributed by atoms with Crippen molar-refractivity contribution in [3.8, 4) is 22.8 Å². The Morgan fingerprint density at radius 1 is 0.784 bits per heavy atom. The van der Waals surface area contributed by atoms with Crippen molar-refractivity contribution >= 4 is 17.7 Å². The third kappa shape index (κ3) is 5.66. The number of aromatic nitrogens is 4. The third-order valence-electron chi connectivity index (χ3n) is 5.08. The van der Waals surface area contributed by atoms with E-state index in [0.29, 0.717) is 0 Å². The summed E-state index contributed by atoms with van der Waals surface area (Å²) in [5, 5.41) is 4.19. The van der Waals surface area contributed by atoms with E-state index in [4.69, 9.17) is 5.73 Å². The van der Waals surface area contributed by atoms with Crippen LogP contribution in [-0.4, -0.2) is 25.7 Å². The zero-order valence-electron chi connectivity index (χ0n) is 18.3. The lowest BCUT2D eigenvalue weighted by Gasteiger charge is -2.08. The number of amides is 1. The SMILES string of the molecule is NC(=O)C(=Cn1nc(-c2ccc(C(F)(F)F)cc2)nc1-c1ccc(C(F)(F)F)cc1)c1cccc(F)n1. The molecule has 0 unspecified atom stereocenters. The minimum atomic E-state index is -4.60. The average Bonchev–Trinajstić information content (AvgIpc) is 3.25. The molecule has 0 spiro atoms. The number of hydrogen-bond acceptors (Lipinski definition) is 4. The number of rotatable bonds is 5. The lowest BCUT2D eigenvalue weighted by molar-refractivity contribution is -0.138. The normalized spacial score (nSPS) is 12.6. The molecule has 0 radical (unpaired) electrons. The van der Waals surface area contributed by atoms with Crippen LogP contribution < -0.4 is 5.73 Å². The molecule has 6 nitrogen and oxygen atoms in total. The first-order chi connectivity index (χ1) is 17.3. The molecule has 0 aliphatic carbocycles. The van der Waals surface area contributed by atoms with Crippen LogP contribution in [0.2, 0.25) is 0 Å². The van der Waals surface area contributed by atoms with Crippen LogP contribution in [0.15, 0.2) is 66.7 Å². The van der Waals surface area contributed by atoms with E-state index in [1.165, 1.54) is 12.1 Å². The lowest BCUT2D eigenvalue weighted by atomic mass is 10.1. The second kappa shape index (κ2) is 9.48. The summed E-state index contributed by atoms with van der Waals surface area (Å²) < 4.78 is 92.5. The molecule has 0 fully saturated rings. The summed E-state index contributed by atoms with van der Waals surface area (Å²) in [7, 11) is 0. The molecule has 0 aliphatic rings. The number of benzene rings is 2. The molecule has 37 heavy (non-hydrogen) atoms. The number of hydrogen-bond donors (Lipinski definition) is 1. The fraction of sp³-hybridized carbons (Fsp3) is 0.0833. The molecule has 2 N–H and O–H groups in total. The van der Waals surface area contributed by atoms with Crippen LogP contribution in [0.5, 0.6) is 0 Å². The van der Waals surface area contributed by atoms with E-state index in [1.807, 2.05) is 0 Å². The van der Waals surface area contributed by atoms with Gasteiger partial charge in [-0.25, -0.2) is 14.6 Å². The Hall–Kier alpha value is -4.55. The summed E-state index contributed by atoms with van der Waals surface area (Å²) in [6.45, 7) is 0. The fourth-order valence-electron chi connectivity index (χ4n) is 3.29. The van der Waals surface area contributed by atoms with Crippen molar-refractivity contribution in [1.82, 2.24) is 19.7 Å². The highest BCUT2D eigenvalue weighted by molar-refractivity contribution is 6.21. The molecule has 4 aromatic rings. The first-order valence-corrected chi connectivity index (χ1v) is 10.3. The highest BCUT2D eigenvalue weighted by atomic mass is 19.4. The summed E-state index contributed by atoms with van der Waals surface area (Å²) in [5.74, 6) is -2.10. The van der Waals surface area contributed by atoms with Crippen molar-refractivity contribution in [2.24, 2.45) is 5.73 Å². The number of primary amides is 1. The smallest absolute Gasteiger partial charge is 0.365 e. The number of carbonyl (C=O) groups excluding carboxylic acids is 1. The maximum absolute atomic E-state index is 13.7. The average molecular weight is 521 g/mol. The second-order valence-corrected chi connectivity index (χ2v) is 7.61. The molecule has 2 aromatic heterocycles. The van der Waals surface area contributed by atoms with Gasteiger partial charge in [0, 0.05) is 17.3 Å². The van der Waals surface area contributed by atoms with Gasteiger partial charge in [0.05, 0.1) is 22.4 Å². The van der Waals surface area contributed by atoms with Crippen LogP contribution in [0.25, 0.3) is 34.5 Å². The summed E-state index contributed by atoms with van der Waals surface area (Å²) in [5.41, 5.74) is 3.41. The van der Waals surface area contributed by atoms with Crippen molar-refractivity contribution in [3.05, 3.63) is 89.5 Å². The zero-order valence-corrected chi connectivity index (χ0v) is 18.3. The molecule has 2 heterocycles. The van der Waals surface area contributed by atoms with E-state index < -0.39 is 35.3 Å². The monoisotopic (exact) mass is 521 g/mol. The molecule has 0 saturated heterocycles. The van der Waals surface area contributed by atoms with Gasteiger partial charge < -0.3 is 5.73 Å². The molecule has 0 atom stereocenters. The van der Waals surface area contributed by atoms with E-state index >= 15 is 0 Å². The molecule has 0 aliphatic heterocycles. The minimum absolute atomic E-state index is 0.0706. The van der Waals surface area contributed by atoms with Gasteiger partial charge in [-0.2, -0.15) is 30.7 Å². The maximum Gasteiger partial charge on any atom is 0.416 e. The summed E-state index contributed by atoms with van der Waals surface area (Å²) >= 11 is 0. The number of carbonyl (C=O) groups is 1. The van der Waals surface area contributed by atoms with Crippen LogP contribution in [0.3, 0.4) is 0 Å². The van der Waals surface area contributed by atoms with Crippen molar-refractivity contribution in [1.29, 1.82) is 0 Å². The quantitative estimate of drug-likeness (QED) is 0.208. The highest BCUT2D eigenvalue weighted by Crippen LogP contribution is 2.33. The summed E-state index contributed by atoms with van der Waals surface area (Å²) in [6.07, 6.45) is -8.12. The van der Waals surface area contributed by atoms with Crippen LogP contribution in [0.4, 0.5) is 30.7 Å². The van der Waals surface area contributed by atoms with Gasteiger partial charge >= 0.3 is 12.4 Å². The molecule has 190 valence electrons. The number of halogens is 7. The minimum Gasteiger partial charge on any atom is -0.365 e. The largest absolute Gasteiger partial charge is 0.416 e. The third-order valence-corrected chi connectivity index (χ3v) is 5.08. The highest BCUT2D eigenvalue weighted by Gasteiger charge is 2.31. The van der Waals surface area contributed by atoms with Gasteiger partial charge in [0.15, 0.2) is 11.6 Å². The van der Waals surface area contributed by atoms with Crippen molar-refractivity contribution < 1.29 is 35.5 Å². The Labute approximate surface area is 203 Å². The van der Waals surface area contributed by atoms with Gasteiger partial charge in [-0.3, -0.25) is 4.79 Å². The second-order valence-electron chi connectivity index (χ2n) is 7.61. The summed E-state index contributed by atoms with van der Waals surface area (Å²) in [4.78, 5) is 20.0. The van der Waals surface area contributed by atoms with Gasteiger partial charge in [0.1, 0.15) is 0 Å². The Morgan fingerprint density at radius 3 is 1.81 bits per heavy atom. The zero-order chi connectivity index (χ0) is 27.0. The van der Waals surface area contributed by atoms with Crippen LogP contribution in [0.1, 0.15) is 16.8 Å². The maximum atomic E-state index is 13.7. The van der Waals surface area contributed by atoms with Gasteiger partial charge in [-0.15, -0.1) is 5.10 Å². The molecular formula is C24H14F7N5O. The molecule has 13 heteroatoms. The van der Waals surface area contributed by atoms with Crippen molar-refractivity contribution in [2.75, 3.05) is 0 Å². The van der Waals surface area contributed by atoms with Gasteiger partial charge in [-0.05, 0) is 36.4 Å². The Morgan fingerprint density at radius 2 is 1.32 bits per heavy atom. The topological polar surface area (TPSA) is 86.7 Å². The van der Waals surface area contributed by atoms with E-state index in [2.05, 4.69) is 15.1 Å². The van der Waals surface area contributed by atoms with E-state index in [1.54, 1.807) is 0 Å². The predicted molar refractivity (Wildman–Crippen MR) is 118 cm³/mol. The molecular weight excluding hydrogens is 507 g/mol. The Balaban J connectivity index is 1.87. The summed E-state index contributed by atoms with van der Waals surface area (Å²) in [6, 6.07) is 11.3. The van der Waals surface area contributed by atoms with Gasteiger partial charge in [0.2, 0.25) is 5.95 Å². The first kappa shape index (κ1) is 25.5. The molecule has 4 rings (SSSR count). The number of alkyl halides is 6. The van der Waals surface area contributed by atoms with Crippen LogP contribution >= 0.6 is 0 Å².